The van der Waals surface area contributed by atoms with E-state index in [1.54, 1.807) is 13.8 Å². The molecule has 0 amide bonds. The molecule has 8 bridgehead atoms. The van der Waals surface area contributed by atoms with Crippen LogP contribution in [0, 0.1) is 35.5 Å². The summed E-state index contributed by atoms with van der Waals surface area (Å²) in [6.45, 7) is 15.7. The van der Waals surface area contributed by atoms with Gasteiger partial charge in [-0.2, -0.15) is 0 Å². The Kier molecular flexibility index (Phi) is 14.2. The van der Waals surface area contributed by atoms with Crippen molar-refractivity contribution in [1.82, 2.24) is 0 Å². The Hall–Kier alpha value is -2.80. The van der Waals surface area contributed by atoms with E-state index in [2.05, 4.69) is 13.8 Å². The molecule has 12 heteroatoms. The first-order valence-corrected chi connectivity index (χ1v) is 21.3. The highest BCUT2D eigenvalue weighted by Gasteiger charge is 2.48. The van der Waals surface area contributed by atoms with E-state index in [0.29, 0.717) is 68.4 Å². The van der Waals surface area contributed by atoms with E-state index >= 15 is 0 Å². The molecule has 0 aromatic heterocycles. The largest absolute Gasteiger partial charge is 0.511 e. The molecular formula is C44H68O12. The Morgan fingerprint density at radius 1 is 0.643 bits per heavy atom. The Labute approximate surface area is 332 Å². The molecule has 4 N–H and O–H groups in total. The molecule has 0 saturated carbocycles. The lowest BCUT2D eigenvalue weighted by Gasteiger charge is -2.44. The molecule has 0 aromatic rings. The summed E-state index contributed by atoms with van der Waals surface area (Å²) in [6, 6.07) is 0. The summed E-state index contributed by atoms with van der Waals surface area (Å²) in [4.78, 5) is 51.1. The number of carbonyl (C=O) groups is 4. The van der Waals surface area contributed by atoms with Gasteiger partial charge in [-0.25, -0.2) is 9.59 Å². The van der Waals surface area contributed by atoms with Crippen LogP contribution in [0.5, 0.6) is 0 Å². The highest BCUT2D eigenvalue weighted by molar-refractivity contribution is 5.91. The third-order valence-electron chi connectivity index (χ3n) is 13.5. The van der Waals surface area contributed by atoms with Gasteiger partial charge in [0.2, 0.25) is 0 Å². The number of esters is 2. The number of hydrogen-bond donors (Lipinski definition) is 4. The van der Waals surface area contributed by atoms with Crippen molar-refractivity contribution in [2.75, 3.05) is 0 Å². The predicted molar refractivity (Wildman–Crippen MR) is 207 cm³/mol. The van der Waals surface area contributed by atoms with Crippen LogP contribution in [-0.2, 0) is 38.1 Å². The van der Waals surface area contributed by atoms with Crippen molar-refractivity contribution >= 4 is 23.5 Å². The molecule has 12 nitrogen and oxygen atoms in total. The average Bonchev–Trinajstić information content (AvgIpc) is 3.22. The molecular weight excluding hydrogens is 720 g/mol. The summed E-state index contributed by atoms with van der Waals surface area (Å²) in [7, 11) is 0. The van der Waals surface area contributed by atoms with Gasteiger partial charge in [-0.3, -0.25) is 9.59 Å². The van der Waals surface area contributed by atoms with E-state index in [-0.39, 0.29) is 53.7 Å². The molecule has 8 rings (SSSR count). The number of aliphatic hydroxyl groups excluding tert-OH is 4. The summed E-state index contributed by atoms with van der Waals surface area (Å²) in [5.74, 6) is -2.40. The molecule has 14 unspecified atom stereocenters. The molecule has 316 valence electrons. The van der Waals surface area contributed by atoms with E-state index in [1.165, 1.54) is 0 Å². The highest BCUT2D eigenvalue weighted by Crippen LogP contribution is 2.43. The first kappa shape index (κ1) is 44.3. The maximum absolute atomic E-state index is 13.0. The van der Waals surface area contributed by atoms with E-state index in [9.17, 15) is 39.6 Å². The number of ketones is 2. The minimum Gasteiger partial charge on any atom is -0.511 e. The number of ether oxygens (including phenoxy) is 4. The SMILES string of the molecule is CCCC1C(O)=C2CCC3(C)CC(C)CC(O)C(O3)C(C)C(=O)CC1OC2=O.CCCC1C(O)=C2CCC3(C)CC(C)CC(O3)C(O)C(C)C(=O)CC1OC2=O. The van der Waals surface area contributed by atoms with Gasteiger partial charge in [0, 0.05) is 24.7 Å². The number of Topliss-reactive ketones (excluding diaryl/α,β-unsaturated/α-hetero) is 2. The quantitative estimate of drug-likeness (QED) is 0.216. The van der Waals surface area contributed by atoms with Gasteiger partial charge in [-0.1, -0.05) is 54.4 Å². The number of carbonyl (C=O) groups excluding carboxylic acids is 4. The van der Waals surface area contributed by atoms with Crippen molar-refractivity contribution < 1.29 is 58.6 Å². The van der Waals surface area contributed by atoms with Crippen LogP contribution in [0.3, 0.4) is 0 Å². The average molecular weight is 789 g/mol. The van der Waals surface area contributed by atoms with Crippen LogP contribution in [0.1, 0.15) is 145 Å². The van der Waals surface area contributed by atoms with Crippen LogP contribution in [-0.4, -0.2) is 91.8 Å². The van der Waals surface area contributed by atoms with E-state index < -0.39 is 71.6 Å². The number of fused-ring (bicyclic) bond motifs is 11. The first-order valence-electron chi connectivity index (χ1n) is 21.3. The van der Waals surface area contributed by atoms with Gasteiger partial charge in [-0.05, 0) is 89.9 Å². The minimum absolute atomic E-state index is 0.00547. The fourth-order valence-corrected chi connectivity index (χ4v) is 10.4. The fourth-order valence-electron chi connectivity index (χ4n) is 10.4. The summed E-state index contributed by atoms with van der Waals surface area (Å²) in [5, 5.41) is 43.3. The van der Waals surface area contributed by atoms with E-state index in [0.717, 1.165) is 25.7 Å². The number of aliphatic hydroxyl groups is 4. The van der Waals surface area contributed by atoms with E-state index in [4.69, 9.17) is 18.9 Å². The maximum atomic E-state index is 13.0. The second-order valence-electron chi connectivity index (χ2n) is 18.6. The van der Waals surface area contributed by atoms with Gasteiger partial charge in [0.05, 0.1) is 58.6 Å². The molecule has 8 aliphatic rings. The molecule has 0 aromatic carbocycles. The Morgan fingerprint density at radius 3 is 1.57 bits per heavy atom. The fraction of sp³-hybridized carbons (Fsp3) is 0.818. The van der Waals surface area contributed by atoms with Crippen molar-refractivity contribution in [3.05, 3.63) is 22.7 Å². The molecule has 8 heterocycles. The Morgan fingerprint density at radius 2 is 1.09 bits per heavy atom. The van der Waals surface area contributed by atoms with Crippen LogP contribution in [0.2, 0.25) is 0 Å². The zero-order valence-electron chi connectivity index (χ0n) is 34.9. The lowest BCUT2D eigenvalue weighted by Crippen LogP contribution is -2.49. The Balaban J connectivity index is 0.000000214. The Bertz CT molecular complexity index is 1530. The molecule has 8 aliphatic heterocycles. The van der Waals surface area contributed by atoms with Crippen molar-refractivity contribution in [2.24, 2.45) is 35.5 Å². The van der Waals surface area contributed by atoms with Gasteiger partial charge in [-0.15, -0.1) is 0 Å². The third-order valence-corrected chi connectivity index (χ3v) is 13.5. The maximum Gasteiger partial charge on any atom is 0.337 e. The van der Waals surface area contributed by atoms with Gasteiger partial charge in [0.15, 0.2) is 0 Å². The molecule has 4 saturated heterocycles. The second kappa shape index (κ2) is 18.0. The zero-order chi connectivity index (χ0) is 41.3. The van der Waals surface area contributed by atoms with Gasteiger partial charge in [0.25, 0.3) is 0 Å². The van der Waals surface area contributed by atoms with Crippen LogP contribution >= 0.6 is 0 Å². The lowest BCUT2D eigenvalue weighted by atomic mass is 9.79. The number of rotatable bonds is 4. The topological polar surface area (TPSA) is 186 Å². The van der Waals surface area contributed by atoms with Crippen LogP contribution in [0.15, 0.2) is 22.7 Å². The minimum atomic E-state index is -0.891. The van der Waals surface area contributed by atoms with Crippen molar-refractivity contribution in [3.8, 4) is 0 Å². The predicted octanol–water partition coefficient (Wildman–Crippen LogP) is 6.93. The van der Waals surface area contributed by atoms with Crippen LogP contribution in [0.25, 0.3) is 0 Å². The molecule has 56 heavy (non-hydrogen) atoms. The highest BCUT2D eigenvalue weighted by atomic mass is 16.6. The summed E-state index contributed by atoms with van der Waals surface area (Å²) < 4.78 is 23.9. The standard InChI is InChI=1S/2C22H34O6/c1-5-6-14-17-10-16(23)13(3)19(24)18-9-12(2)11-22(4,28-18)8-7-15(20(14)25)21(26)27-17;1-5-6-14-18-10-16(23)13(3)20-17(24)9-12(2)11-22(4,28-20)8-7-15(19(14)25)21(26)27-18/h12-14,17-19,24-25H,5-11H2,1-4H3;12-14,17-18,20,24-25H,5-11H2,1-4H3. The van der Waals surface area contributed by atoms with Gasteiger partial charge < -0.3 is 39.4 Å². The normalized spacial score (nSPS) is 42.5. The van der Waals surface area contributed by atoms with Crippen LogP contribution < -0.4 is 0 Å². The first-order chi connectivity index (χ1) is 26.3. The van der Waals surface area contributed by atoms with Gasteiger partial charge >= 0.3 is 11.9 Å². The number of hydrogen-bond acceptors (Lipinski definition) is 12. The van der Waals surface area contributed by atoms with Crippen molar-refractivity contribution in [2.45, 2.75) is 193 Å². The monoisotopic (exact) mass is 788 g/mol. The third kappa shape index (κ3) is 9.72. The summed E-state index contributed by atoms with van der Waals surface area (Å²) in [5.41, 5.74) is -0.478. The van der Waals surface area contributed by atoms with Crippen molar-refractivity contribution in [1.29, 1.82) is 0 Å². The molecule has 14 atom stereocenters. The summed E-state index contributed by atoms with van der Waals surface area (Å²) >= 11 is 0. The molecule has 0 radical (unpaired) electrons. The van der Waals surface area contributed by atoms with Crippen molar-refractivity contribution in [3.63, 3.8) is 0 Å². The zero-order valence-corrected chi connectivity index (χ0v) is 34.9. The lowest BCUT2D eigenvalue weighted by molar-refractivity contribution is -0.182. The molecule has 4 fully saturated rings. The van der Waals surface area contributed by atoms with Gasteiger partial charge in [0.1, 0.15) is 35.3 Å². The smallest absolute Gasteiger partial charge is 0.337 e. The molecule has 0 spiro atoms. The van der Waals surface area contributed by atoms with Crippen LogP contribution in [0.4, 0.5) is 0 Å². The van der Waals surface area contributed by atoms with E-state index in [1.807, 2.05) is 27.7 Å². The second-order valence-corrected chi connectivity index (χ2v) is 18.6. The molecule has 0 aliphatic carbocycles. The summed E-state index contributed by atoms with van der Waals surface area (Å²) in [6.07, 6.45) is 3.73.